The van der Waals surface area contributed by atoms with Gasteiger partial charge in [-0.2, -0.15) is 5.10 Å². The van der Waals surface area contributed by atoms with E-state index in [-0.39, 0.29) is 6.10 Å². The average Bonchev–Trinajstić information content (AvgIpc) is 2.56. The van der Waals surface area contributed by atoms with E-state index in [1.165, 1.54) is 0 Å². The van der Waals surface area contributed by atoms with E-state index in [4.69, 9.17) is 4.74 Å². The highest BCUT2D eigenvalue weighted by molar-refractivity contribution is 5.40. The second-order valence-electron chi connectivity index (χ2n) is 3.30. The van der Waals surface area contributed by atoms with Gasteiger partial charge in [-0.15, -0.1) is 0 Å². The van der Waals surface area contributed by atoms with Crippen molar-refractivity contribution in [2.24, 2.45) is 0 Å². The lowest BCUT2D eigenvalue weighted by Gasteiger charge is -2.10. The number of hydrogen-bond donors (Lipinski definition) is 0. The third-order valence-electron chi connectivity index (χ3n) is 2.28. The topological polar surface area (TPSA) is 39.4 Å². The Labute approximate surface area is 82.5 Å². The summed E-state index contributed by atoms with van der Waals surface area (Å²) in [5, 5.41) is 4.36. The predicted octanol–water partition coefficient (Wildman–Crippen LogP) is 1.75. The molecule has 0 saturated carbocycles. The molecule has 2 heterocycles. The normalized spacial score (nSPS) is 13.4. The van der Waals surface area contributed by atoms with Gasteiger partial charge in [0, 0.05) is 19.4 Å². The largest absolute Gasteiger partial charge is 0.375 e. The summed E-state index contributed by atoms with van der Waals surface area (Å²) in [4.78, 5) is 4.22. The minimum absolute atomic E-state index is 0.0276. The molecule has 0 radical (unpaired) electrons. The fourth-order valence-corrected chi connectivity index (χ4v) is 1.46. The maximum absolute atomic E-state index is 5.26. The maximum Gasteiger partial charge on any atom is 0.155 e. The summed E-state index contributed by atoms with van der Waals surface area (Å²) in [7, 11) is 1.69. The molecule has 0 saturated heterocycles. The van der Waals surface area contributed by atoms with Crippen LogP contribution in [0, 0.1) is 6.92 Å². The lowest BCUT2D eigenvalue weighted by molar-refractivity contribution is 0.114. The molecule has 14 heavy (non-hydrogen) atoms. The van der Waals surface area contributed by atoms with E-state index < -0.39 is 0 Å². The van der Waals surface area contributed by atoms with Gasteiger partial charge < -0.3 is 4.74 Å². The van der Waals surface area contributed by atoms with Crippen molar-refractivity contribution >= 4 is 5.65 Å². The van der Waals surface area contributed by atoms with E-state index in [0.29, 0.717) is 0 Å². The van der Waals surface area contributed by atoms with Crippen molar-refractivity contribution in [2.45, 2.75) is 20.0 Å². The molecule has 2 rings (SSSR count). The van der Waals surface area contributed by atoms with Crippen LogP contribution in [0.1, 0.15) is 24.4 Å². The molecule has 0 aliphatic rings. The molecule has 2 aromatic rings. The second kappa shape index (κ2) is 3.38. The predicted molar refractivity (Wildman–Crippen MR) is 53.1 cm³/mol. The molecule has 0 aliphatic heterocycles. The van der Waals surface area contributed by atoms with E-state index in [9.17, 15) is 0 Å². The zero-order valence-corrected chi connectivity index (χ0v) is 8.56. The van der Waals surface area contributed by atoms with Gasteiger partial charge >= 0.3 is 0 Å². The van der Waals surface area contributed by atoms with Gasteiger partial charge in [0.2, 0.25) is 0 Å². The van der Waals surface area contributed by atoms with Gasteiger partial charge in [0.15, 0.2) is 5.65 Å². The van der Waals surface area contributed by atoms with Crippen molar-refractivity contribution in [3.8, 4) is 0 Å². The van der Waals surface area contributed by atoms with E-state index in [1.54, 1.807) is 13.3 Å². The fourth-order valence-electron chi connectivity index (χ4n) is 1.46. The van der Waals surface area contributed by atoms with Crippen LogP contribution in [-0.4, -0.2) is 21.7 Å². The Bertz CT molecular complexity index is 450. The number of ether oxygens (including phenoxy) is 1. The molecular formula is C10H13N3O. The molecule has 0 aliphatic carbocycles. The molecular weight excluding hydrogens is 178 g/mol. The second-order valence-corrected chi connectivity index (χ2v) is 3.30. The van der Waals surface area contributed by atoms with Gasteiger partial charge in [0.25, 0.3) is 0 Å². The van der Waals surface area contributed by atoms with Crippen LogP contribution in [0.4, 0.5) is 0 Å². The van der Waals surface area contributed by atoms with Crippen LogP contribution in [0.5, 0.6) is 0 Å². The Kier molecular flexibility index (Phi) is 2.21. The van der Waals surface area contributed by atoms with E-state index in [2.05, 4.69) is 10.1 Å². The summed E-state index contributed by atoms with van der Waals surface area (Å²) in [5.41, 5.74) is 2.85. The lowest BCUT2D eigenvalue weighted by atomic mass is 10.3. The summed E-state index contributed by atoms with van der Waals surface area (Å²) < 4.78 is 7.09. The smallest absolute Gasteiger partial charge is 0.155 e. The van der Waals surface area contributed by atoms with Crippen LogP contribution in [0.3, 0.4) is 0 Å². The van der Waals surface area contributed by atoms with Crippen LogP contribution in [0.2, 0.25) is 0 Å². The number of rotatable bonds is 2. The van der Waals surface area contributed by atoms with Gasteiger partial charge in [-0.3, -0.25) is 0 Å². The molecule has 0 N–H and O–H groups in total. The van der Waals surface area contributed by atoms with Crippen molar-refractivity contribution in [2.75, 3.05) is 7.11 Å². The Morgan fingerprint density at radius 1 is 1.50 bits per heavy atom. The molecule has 2 aromatic heterocycles. The summed E-state index contributed by atoms with van der Waals surface area (Å²) >= 11 is 0. The van der Waals surface area contributed by atoms with Crippen molar-refractivity contribution in [1.29, 1.82) is 0 Å². The Morgan fingerprint density at radius 2 is 2.29 bits per heavy atom. The third-order valence-corrected chi connectivity index (χ3v) is 2.28. The van der Waals surface area contributed by atoms with Crippen LogP contribution in [0.25, 0.3) is 5.65 Å². The Hall–Kier alpha value is -1.42. The first kappa shape index (κ1) is 9.15. The van der Waals surface area contributed by atoms with Crippen molar-refractivity contribution < 1.29 is 4.74 Å². The molecule has 4 nitrogen and oxygen atoms in total. The highest BCUT2D eigenvalue weighted by Crippen LogP contribution is 2.16. The standard InChI is InChI=1S/C10H13N3O/c1-7-6-10-11-5-4-9(8(2)14-3)13(10)12-7/h4-6,8H,1-3H3/t8-/m0/s1. The van der Waals surface area contributed by atoms with E-state index >= 15 is 0 Å². The quantitative estimate of drug-likeness (QED) is 0.726. The molecule has 0 spiro atoms. The molecule has 0 bridgehead atoms. The zero-order valence-electron chi connectivity index (χ0n) is 8.56. The molecule has 0 fully saturated rings. The maximum atomic E-state index is 5.26. The molecule has 0 aromatic carbocycles. The Balaban J connectivity index is 2.64. The van der Waals surface area contributed by atoms with Crippen LogP contribution in [0.15, 0.2) is 18.3 Å². The fraction of sp³-hybridized carbons (Fsp3) is 0.400. The number of aryl methyl sites for hydroxylation is 1. The summed E-state index contributed by atoms with van der Waals surface area (Å²) in [6, 6.07) is 3.87. The third kappa shape index (κ3) is 1.37. The molecule has 0 amide bonds. The van der Waals surface area contributed by atoms with Gasteiger partial charge in [0.05, 0.1) is 17.5 Å². The summed E-state index contributed by atoms with van der Waals surface area (Å²) in [5.74, 6) is 0. The molecule has 74 valence electrons. The SMILES string of the molecule is CO[C@@H](C)c1ccnc2cc(C)nn12. The first-order chi connectivity index (χ1) is 6.72. The van der Waals surface area contributed by atoms with E-state index in [0.717, 1.165) is 17.0 Å². The summed E-state index contributed by atoms with van der Waals surface area (Å²) in [6.07, 6.45) is 1.81. The van der Waals surface area contributed by atoms with Crippen molar-refractivity contribution in [3.05, 3.63) is 29.7 Å². The molecule has 4 heteroatoms. The number of nitrogens with zero attached hydrogens (tertiary/aromatic N) is 3. The molecule has 1 atom stereocenters. The first-order valence-electron chi connectivity index (χ1n) is 4.56. The van der Waals surface area contributed by atoms with Gasteiger partial charge in [-0.05, 0) is 19.9 Å². The highest BCUT2D eigenvalue weighted by atomic mass is 16.5. The van der Waals surface area contributed by atoms with Gasteiger partial charge in [0.1, 0.15) is 0 Å². The highest BCUT2D eigenvalue weighted by Gasteiger charge is 2.09. The molecule has 0 unspecified atom stereocenters. The number of methoxy groups -OCH3 is 1. The van der Waals surface area contributed by atoms with Crippen molar-refractivity contribution in [1.82, 2.24) is 14.6 Å². The van der Waals surface area contributed by atoms with Gasteiger partial charge in [-0.25, -0.2) is 9.50 Å². The van der Waals surface area contributed by atoms with Crippen molar-refractivity contribution in [3.63, 3.8) is 0 Å². The van der Waals surface area contributed by atoms with Gasteiger partial charge in [-0.1, -0.05) is 0 Å². The van der Waals surface area contributed by atoms with Crippen LogP contribution >= 0.6 is 0 Å². The van der Waals surface area contributed by atoms with E-state index in [1.807, 2.05) is 30.5 Å². The number of aromatic nitrogens is 3. The number of fused-ring (bicyclic) bond motifs is 1. The monoisotopic (exact) mass is 191 g/mol. The minimum atomic E-state index is 0.0276. The minimum Gasteiger partial charge on any atom is -0.375 e. The summed E-state index contributed by atoms with van der Waals surface area (Å²) in [6.45, 7) is 3.95. The lowest BCUT2D eigenvalue weighted by Crippen LogP contribution is -2.05. The number of hydrogen-bond acceptors (Lipinski definition) is 3. The average molecular weight is 191 g/mol. The first-order valence-corrected chi connectivity index (χ1v) is 4.56. The zero-order chi connectivity index (χ0) is 10.1. The van der Waals surface area contributed by atoms with Crippen LogP contribution < -0.4 is 0 Å². The Morgan fingerprint density at radius 3 is 3.00 bits per heavy atom. The van der Waals surface area contributed by atoms with Crippen LogP contribution in [-0.2, 0) is 4.74 Å².